The lowest BCUT2D eigenvalue weighted by molar-refractivity contribution is 0.551. The molecule has 0 bridgehead atoms. The molecule has 20 heavy (non-hydrogen) atoms. The normalized spacial score (nSPS) is 19.6. The Labute approximate surface area is 119 Å². The van der Waals surface area contributed by atoms with Gasteiger partial charge in [-0.3, -0.25) is 4.31 Å². The third-order valence-electron chi connectivity index (χ3n) is 3.56. The second-order valence-corrected chi connectivity index (χ2v) is 9.50. The third kappa shape index (κ3) is 3.06. The molecule has 8 heteroatoms. The molecule has 0 radical (unpaired) electrons. The summed E-state index contributed by atoms with van der Waals surface area (Å²) in [6.07, 6.45) is 0.313. The highest BCUT2D eigenvalue weighted by molar-refractivity contribution is 7.94. The average Bonchev–Trinajstić information content (AvgIpc) is 2.38. The quantitative estimate of drug-likeness (QED) is 0.824. The van der Waals surface area contributed by atoms with E-state index in [1.165, 1.54) is 11.4 Å². The van der Waals surface area contributed by atoms with Gasteiger partial charge in [-0.1, -0.05) is 0 Å². The summed E-state index contributed by atoms with van der Waals surface area (Å²) in [7, 11) is -5.15. The molecule has 2 rings (SSSR count). The Hall–Kier alpha value is -1.28. The largest absolute Gasteiger partial charge is 0.399 e. The Morgan fingerprint density at radius 2 is 1.65 bits per heavy atom. The Morgan fingerprint density at radius 1 is 1.15 bits per heavy atom. The molecule has 0 aliphatic carbocycles. The van der Waals surface area contributed by atoms with Crippen LogP contribution < -0.4 is 10.0 Å². The van der Waals surface area contributed by atoms with Gasteiger partial charge in [-0.05, 0) is 37.1 Å². The minimum atomic E-state index is -3.55. The SMILES string of the molecule is CN(c1ccc(N)cc1)S(=O)(=O)C1CCS(=O)(=O)CC1. The molecule has 0 atom stereocenters. The van der Waals surface area contributed by atoms with E-state index in [1.54, 1.807) is 24.3 Å². The summed E-state index contributed by atoms with van der Waals surface area (Å²) in [5, 5.41) is -0.645. The summed E-state index contributed by atoms with van der Waals surface area (Å²) in [5.41, 5.74) is 6.65. The number of hydrogen-bond donors (Lipinski definition) is 1. The molecule has 0 saturated carbocycles. The van der Waals surface area contributed by atoms with Gasteiger partial charge in [0.1, 0.15) is 9.84 Å². The minimum absolute atomic E-state index is 0.0630. The van der Waals surface area contributed by atoms with Crippen molar-refractivity contribution < 1.29 is 16.8 Å². The first-order valence-corrected chi connectivity index (χ1v) is 9.58. The van der Waals surface area contributed by atoms with Crippen molar-refractivity contribution in [2.24, 2.45) is 0 Å². The van der Waals surface area contributed by atoms with Crippen LogP contribution in [0.15, 0.2) is 24.3 Å². The third-order valence-corrected chi connectivity index (χ3v) is 7.56. The van der Waals surface area contributed by atoms with E-state index >= 15 is 0 Å². The topological polar surface area (TPSA) is 97.5 Å². The highest BCUT2D eigenvalue weighted by atomic mass is 32.2. The molecule has 1 aliphatic rings. The van der Waals surface area contributed by atoms with E-state index in [0.717, 1.165) is 0 Å². The molecule has 1 aromatic carbocycles. The molecular formula is C12H18N2O4S2. The maximum Gasteiger partial charge on any atom is 0.237 e. The van der Waals surface area contributed by atoms with Crippen molar-refractivity contribution in [3.63, 3.8) is 0 Å². The zero-order chi connectivity index (χ0) is 15.0. The van der Waals surface area contributed by atoms with Gasteiger partial charge in [0.2, 0.25) is 10.0 Å². The molecule has 2 N–H and O–H groups in total. The Morgan fingerprint density at radius 3 is 2.15 bits per heavy atom. The van der Waals surface area contributed by atoms with Gasteiger partial charge in [-0.2, -0.15) is 0 Å². The van der Waals surface area contributed by atoms with E-state index in [0.29, 0.717) is 11.4 Å². The fourth-order valence-corrected chi connectivity index (χ4v) is 5.71. The van der Waals surface area contributed by atoms with Crippen LogP contribution in [0.4, 0.5) is 11.4 Å². The number of benzene rings is 1. The van der Waals surface area contributed by atoms with E-state index in [4.69, 9.17) is 5.73 Å². The standard InChI is InChI=1S/C12H18N2O4S2/c1-14(11-4-2-10(13)3-5-11)20(17,18)12-6-8-19(15,16)9-7-12/h2-5,12H,6-9,13H2,1H3. The fraction of sp³-hybridized carbons (Fsp3) is 0.500. The van der Waals surface area contributed by atoms with Crippen molar-refractivity contribution in [1.29, 1.82) is 0 Å². The predicted octanol–water partition coefficient (Wildman–Crippen LogP) is 0.612. The van der Waals surface area contributed by atoms with Gasteiger partial charge in [0.25, 0.3) is 0 Å². The van der Waals surface area contributed by atoms with Crippen LogP contribution in [-0.4, -0.2) is 40.6 Å². The first-order valence-electron chi connectivity index (χ1n) is 6.26. The molecule has 1 heterocycles. The molecular weight excluding hydrogens is 300 g/mol. The van der Waals surface area contributed by atoms with Gasteiger partial charge in [0.05, 0.1) is 22.4 Å². The van der Waals surface area contributed by atoms with Crippen molar-refractivity contribution in [3.8, 4) is 0 Å². The molecule has 112 valence electrons. The number of nitrogen functional groups attached to an aromatic ring is 1. The molecule has 0 amide bonds. The summed E-state index contributed by atoms with van der Waals surface area (Å²) < 4.78 is 48.9. The van der Waals surface area contributed by atoms with Gasteiger partial charge in [0.15, 0.2) is 0 Å². The van der Waals surface area contributed by atoms with Crippen LogP contribution in [0.2, 0.25) is 0 Å². The van der Waals surface area contributed by atoms with Gasteiger partial charge >= 0.3 is 0 Å². The Bertz CT molecular complexity index is 667. The maximum atomic E-state index is 12.5. The van der Waals surface area contributed by atoms with E-state index in [-0.39, 0.29) is 24.3 Å². The number of hydrogen-bond acceptors (Lipinski definition) is 5. The van der Waals surface area contributed by atoms with Crippen LogP contribution >= 0.6 is 0 Å². The summed E-state index contributed by atoms with van der Waals surface area (Å²) >= 11 is 0. The van der Waals surface area contributed by atoms with E-state index in [2.05, 4.69) is 0 Å². The zero-order valence-electron chi connectivity index (χ0n) is 11.2. The summed E-state index contributed by atoms with van der Waals surface area (Å²) in [6, 6.07) is 6.53. The van der Waals surface area contributed by atoms with Crippen LogP contribution in [0.25, 0.3) is 0 Å². The molecule has 6 nitrogen and oxygen atoms in total. The lowest BCUT2D eigenvalue weighted by Crippen LogP contribution is -2.40. The molecule has 1 saturated heterocycles. The van der Waals surface area contributed by atoms with Crippen LogP contribution in [-0.2, 0) is 19.9 Å². The van der Waals surface area contributed by atoms with E-state index in [9.17, 15) is 16.8 Å². The highest BCUT2D eigenvalue weighted by Crippen LogP contribution is 2.26. The summed E-state index contributed by atoms with van der Waals surface area (Å²) in [4.78, 5) is 0. The molecule has 0 spiro atoms. The van der Waals surface area contributed by atoms with Crippen LogP contribution in [0.3, 0.4) is 0 Å². The fourth-order valence-electron chi connectivity index (χ4n) is 2.22. The maximum absolute atomic E-state index is 12.5. The molecule has 1 fully saturated rings. The number of anilines is 2. The lowest BCUT2D eigenvalue weighted by Gasteiger charge is -2.28. The van der Waals surface area contributed by atoms with Crippen LogP contribution in [0.1, 0.15) is 12.8 Å². The first kappa shape index (κ1) is 15.1. The van der Waals surface area contributed by atoms with Gasteiger partial charge < -0.3 is 5.73 Å². The predicted molar refractivity (Wildman–Crippen MR) is 79.9 cm³/mol. The number of rotatable bonds is 3. The van der Waals surface area contributed by atoms with Crippen molar-refractivity contribution in [1.82, 2.24) is 0 Å². The highest BCUT2D eigenvalue weighted by Gasteiger charge is 2.35. The van der Waals surface area contributed by atoms with Gasteiger partial charge in [-0.15, -0.1) is 0 Å². The lowest BCUT2D eigenvalue weighted by atomic mass is 10.2. The molecule has 0 aromatic heterocycles. The van der Waals surface area contributed by atoms with Gasteiger partial charge in [0, 0.05) is 12.7 Å². The number of nitrogens with two attached hydrogens (primary N) is 1. The summed E-state index contributed by atoms with van der Waals surface area (Å²) in [6.45, 7) is 0. The molecule has 0 unspecified atom stereocenters. The van der Waals surface area contributed by atoms with Crippen LogP contribution in [0, 0.1) is 0 Å². The van der Waals surface area contributed by atoms with E-state index < -0.39 is 25.1 Å². The molecule has 1 aromatic rings. The zero-order valence-corrected chi connectivity index (χ0v) is 12.8. The van der Waals surface area contributed by atoms with Crippen molar-refractivity contribution >= 4 is 31.2 Å². The Balaban J connectivity index is 2.20. The van der Waals surface area contributed by atoms with Crippen molar-refractivity contribution in [2.75, 3.05) is 28.6 Å². The second kappa shape index (κ2) is 5.25. The summed E-state index contributed by atoms with van der Waals surface area (Å²) in [5.74, 6) is -0.126. The average molecular weight is 318 g/mol. The number of nitrogens with zero attached hydrogens (tertiary/aromatic N) is 1. The Kier molecular flexibility index (Phi) is 3.97. The van der Waals surface area contributed by atoms with Gasteiger partial charge in [-0.25, -0.2) is 16.8 Å². The number of sulfonamides is 1. The minimum Gasteiger partial charge on any atom is -0.399 e. The smallest absolute Gasteiger partial charge is 0.237 e. The molecule has 1 aliphatic heterocycles. The first-order chi connectivity index (χ1) is 9.22. The van der Waals surface area contributed by atoms with Crippen LogP contribution in [0.5, 0.6) is 0 Å². The number of sulfone groups is 1. The monoisotopic (exact) mass is 318 g/mol. The van der Waals surface area contributed by atoms with Crippen molar-refractivity contribution in [3.05, 3.63) is 24.3 Å². The van der Waals surface area contributed by atoms with E-state index in [1.807, 2.05) is 0 Å². The van der Waals surface area contributed by atoms with Crippen molar-refractivity contribution in [2.45, 2.75) is 18.1 Å². The second-order valence-electron chi connectivity index (χ2n) is 4.96.